The van der Waals surface area contributed by atoms with E-state index in [1.54, 1.807) is 0 Å². The first-order valence-electron chi connectivity index (χ1n) is 21.9. The molecule has 0 aromatic carbocycles. The number of carboxylic acids is 1. The van der Waals surface area contributed by atoms with Crippen LogP contribution in [0.4, 0.5) is 0 Å². The zero-order chi connectivity index (χ0) is 39.3. The molecule has 0 saturated carbocycles. The fourth-order valence-corrected chi connectivity index (χ4v) is 6.42. The molecule has 0 aromatic heterocycles. The van der Waals surface area contributed by atoms with Gasteiger partial charge in [0.15, 0.2) is 12.1 Å². The number of carbonyl (C=O) groups is 3. The molecule has 0 spiro atoms. The van der Waals surface area contributed by atoms with E-state index in [1.165, 1.54) is 116 Å². The van der Waals surface area contributed by atoms with Crippen LogP contribution < -0.4 is 0 Å². The van der Waals surface area contributed by atoms with Crippen LogP contribution in [-0.4, -0.2) is 80.6 Å². The summed E-state index contributed by atoms with van der Waals surface area (Å²) in [4.78, 5) is 36.9. The maximum absolute atomic E-state index is 12.7. The van der Waals surface area contributed by atoms with Gasteiger partial charge in [0.25, 0.3) is 0 Å². The minimum absolute atomic E-state index is 0.0488. The third-order valence-corrected chi connectivity index (χ3v) is 9.85. The number of quaternary nitrogens is 1. The van der Waals surface area contributed by atoms with Crippen LogP contribution in [0.15, 0.2) is 24.3 Å². The van der Waals surface area contributed by atoms with Crippen LogP contribution in [0.2, 0.25) is 0 Å². The Bertz CT molecular complexity index is 926. The van der Waals surface area contributed by atoms with Gasteiger partial charge in [-0.2, -0.15) is 0 Å². The van der Waals surface area contributed by atoms with Gasteiger partial charge < -0.3 is 23.8 Å². The second-order valence-corrected chi connectivity index (χ2v) is 16.0. The first-order chi connectivity index (χ1) is 25.6. The number of unbranched alkanes of at least 4 members (excludes halogenated alkanes) is 21. The van der Waals surface area contributed by atoms with Crippen LogP contribution in [0.25, 0.3) is 0 Å². The van der Waals surface area contributed by atoms with Gasteiger partial charge in [0.2, 0.25) is 0 Å². The molecule has 1 N–H and O–H groups in total. The number of rotatable bonds is 39. The van der Waals surface area contributed by atoms with Crippen LogP contribution >= 0.6 is 0 Å². The van der Waals surface area contributed by atoms with Gasteiger partial charge in [-0.15, -0.1) is 0 Å². The molecule has 0 fully saturated rings. The Hall–Kier alpha value is -2.19. The number of carboxylic acid groups (broad SMARTS) is 1. The molecule has 0 aliphatic rings. The topological polar surface area (TPSA) is 99.1 Å². The van der Waals surface area contributed by atoms with Crippen LogP contribution in [0.1, 0.15) is 194 Å². The molecule has 2 atom stereocenters. The fourth-order valence-electron chi connectivity index (χ4n) is 6.42. The lowest BCUT2D eigenvalue weighted by atomic mass is 10.1. The molecule has 0 bridgehead atoms. The van der Waals surface area contributed by atoms with E-state index in [1.807, 2.05) is 21.1 Å². The molecule has 0 radical (unpaired) electrons. The van der Waals surface area contributed by atoms with Crippen molar-refractivity contribution in [2.24, 2.45) is 0 Å². The molecule has 0 aromatic rings. The van der Waals surface area contributed by atoms with Gasteiger partial charge >= 0.3 is 17.9 Å². The number of allylic oxidation sites excluding steroid dienone is 4. The molecule has 8 heteroatoms. The molecule has 310 valence electrons. The smallest absolute Gasteiger partial charge is 0.362 e. The summed E-state index contributed by atoms with van der Waals surface area (Å²) < 4.78 is 17.2. The van der Waals surface area contributed by atoms with E-state index in [4.69, 9.17) is 14.2 Å². The highest BCUT2D eigenvalue weighted by Gasteiger charge is 2.31. The van der Waals surface area contributed by atoms with Crippen molar-refractivity contribution in [1.82, 2.24) is 0 Å². The van der Waals surface area contributed by atoms with Crippen molar-refractivity contribution in [2.75, 3.05) is 41.0 Å². The lowest BCUT2D eigenvalue weighted by molar-refractivity contribution is -0.887. The molecular weight excluding hydrogens is 666 g/mol. The lowest BCUT2D eigenvalue weighted by Crippen LogP contribution is -2.50. The zero-order valence-corrected chi connectivity index (χ0v) is 35.2. The molecular formula is C45H84NO7+. The summed E-state index contributed by atoms with van der Waals surface area (Å²) in [5.41, 5.74) is 0. The molecule has 0 aliphatic carbocycles. The molecule has 53 heavy (non-hydrogen) atoms. The molecule has 0 heterocycles. The Morgan fingerprint density at radius 1 is 0.566 bits per heavy atom. The Labute approximate surface area is 326 Å². The number of aliphatic carboxylic acids is 1. The number of hydrogen-bond acceptors (Lipinski definition) is 6. The van der Waals surface area contributed by atoms with Crippen molar-refractivity contribution in [3.05, 3.63) is 24.3 Å². The Kier molecular flexibility index (Phi) is 35.2. The normalized spacial score (nSPS) is 13.2. The maximum atomic E-state index is 12.7. The monoisotopic (exact) mass is 751 g/mol. The summed E-state index contributed by atoms with van der Waals surface area (Å²) in [7, 11) is 5.53. The molecule has 8 nitrogen and oxygen atoms in total. The summed E-state index contributed by atoms with van der Waals surface area (Å²) in [5.74, 6) is -1.47. The van der Waals surface area contributed by atoms with Crippen molar-refractivity contribution >= 4 is 17.9 Å². The average molecular weight is 751 g/mol. The van der Waals surface area contributed by atoms with Crippen molar-refractivity contribution in [2.45, 2.75) is 206 Å². The fraction of sp³-hybridized carbons (Fsp3) is 0.844. The quantitative estimate of drug-likeness (QED) is 0.0289. The highest BCUT2D eigenvalue weighted by Crippen LogP contribution is 2.15. The summed E-state index contributed by atoms with van der Waals surface area (Å²) in [5, 5.41) is 9.60. The molecule has 2 unspecified atom stereocenters. The largest absolute Gasteiger partial charge is 0.477 e. The van der Waals surface area contributed by atoms with Gasteiger partial charge in [-0.05, 0) is 44.9 Å². The predicted octanol–water partition coefficient (Wildman–Crippen LogP) is 11.7. The van der Waals surface area contributed by atoms with Crippen molar-refractivity contribution in [1.29, 1.82) is 0 Å². The van der Waals surface area contributed by atoms with Crippen LogP contribution in [-0.2, 0) is 28.6 Å². The number of nitrogens with zero attached hydrogens (tertiary/aromatic N) is 1. The van der Waals surface area contributed by atoms with Crippen LogP contribution in [0.3, 0.4) is 0 Å². The van der Waals surface area contributed by atoms with Crippen molar-refractivity contribution < 1.29 is 38.2 Å². The summed E-state index contributed by atoms with van der Waals surface area (Å²) in [6.07, 6.45) is 39.3. The van der Waals surface area contributed by atoms with Gasteiger partial charge in [0, 0.05) is 19.3 Å². The molecule has 0 aliphatic heterocycles. The first-order valence-corrected chi connectivity index (χ1v) is 21.9. The van der Waals surface area contributed by atoms with E-state index in [0.29, 0.717) is 19.3 Å². The summed E-state index contributed by atoms with van der Waals surface area (Å²) in [6.45, 7) is 4.70. The average Bonchev–Trinajstić information content (AvgIpc) is 3.11. The minimum atomic E-state index is -0.875. The van der Waals surface area contributed by atoms with Crippen LogP contribution in [0.5, 0.6) is 0 Å². The van der Waals surface area contributed by atoms with Crippen molar-refractivity contribution in [3.8, 4) is 0 Å². The van der Waals surface area contributed by atoms with Gasteiger partial charge in [0.1, 0.15) is 6.61 Å². The van der Waals surface area contributed by atoms with E-state index in [2.05, 4.69) is 38.2 Å². The third kappa shape index (κ3) is 35.3. The first kappa shape index (κ1) is 50.8. The van der Waals surface area contributed by atoms with Gasteiger partial charge in [-0.25, -0.2) is 4.79 Å². The summed E-state index contributed by atoms with van der Waals surface area (Å²) in [6, 6.07) is -0.611. The molecule has 0 saturated heterocycles. The minimum Gasteiger partial charge on any atom is -0.477 e. The highest BCUT2D eigenvalue weighted by molar-refractivity contribution is 5.72. The van der Waals surface area contributed by atoms with Gasteiger partial charge in [0.05, 0.1) is 34.4 Å². The number of likely N-dealkylation sites (N-methyl/N-ethyl adjacent to an activating group) is 1. The Morgan fingerprint density at radius 2 is 1.00 bits per heavy atom. The second-order valence-electron chi connectivity index (χ2n) is 16.0. The van der Waals surface area contributed by atoms with E-state index in [0.717, 1.165) is 44.9 Å². The lowest BCUT2D eigenvalue weighted by Gasteiger charge is -2.31. The third-order valence-electron chi connectivity index (χ3n) is 9.85. The zero-order valence-electron chi connectivity index (χ0n) is 35.2. The SMILES string of the molecule is CCCCC/C=C\C/C=C\CCCCCCCCCCCC(=O)OC(COCCC(C(=O)O)[N+](C)(C)C)COC(=O)CCCCCCCCCCCC. The maximum Gasteiger partial charge on any atom is 0.362 e. The second kappa shape index (κ2) is 36.8. The summed E-state index contributed by atoms with van der Waals surface area (Å²) >= 11 is 0. The van der Waals surface area contributed by atoms with Gasteiger partial charge in [-0.3, -0.25) is 9.59 Å². The molecule has 0 amide bonds. The van der Waals surface area contributed by atoms with E-state index in [-0.39, 0.29) is 36.2 Å². The number of carbonyl (C=O) groups excluding carboxylic acids is 2. The standard InChI is InChI=1S/C45H83NO7/c1-6-8-10-12-14-16-18-19-20-21-22-23-24-25-26-28-30-32-34-36-44(48)53-41(39-51-38-37-42(45(49)50)46(3,4)5)40-52-43(47)35-33-31-29-27-17-15-13-11-9-7-2/h14,16,19-20,41-42H,6-13,15,17-18,21-40H2,1-5H3/p+1/b16-14-,20-19-. The van der Waals surface area contributed by atoms with Crippen LogP contribution in [0, 0.1) is 0 Å². The van der Waals surface area contributed by atoms with E-state index < -0.39 is 18.1 Å². The van der Waals surface area contributed by atoms with E-state index >= 15 is 0 Å². The predicted molar refractivity (Wildman–Crippen MR) is 220 cm³/mol. The van der Waals surface area contributed by atoms with Gasteiger partial charge in [-0.1, -0.05) is 154 Å². The Balaban J connectivity index is 4.29. The van der Waals surface area contributed by atoms with E-state index in [9.17, 15) is 19.5 Å². The number of ether oxygens (including phenoxy) is 3. The number of hydrogen-bond donors (Lipinski definition) is 1. The number of esters is 2. The molecule has 0 rings (SSSR count). The van der Waals surface area contributed by atoms with Crippen molar-refractivity contribution in [3.63, 3.8) is 0 Å². The Morgan fingerprint density at radius 3 is 1.49 bits per heavy atom. The highest BCUT2D eigenvalue weighted by atomic mass is 16.6.